The molecule has 0 amide bonds. The molecule has 2 N–H and O–H groups in total. The highest BCUT2D eigenvalue weighted by Gasteiger charge is 2.14. The molecule has 3 heterocycles. The third kappa shape index (κ3) is 1.02. The number of hydrogen-bond acceptors (Lipinski definition) is 5. The van der Waals surface area contributed by atoms with E-state index in [1.54, 1.807) is 11.8 Å². The molecule has 0 fully saturated rings. The number of H-pyrrole nitrogens is 1. The van der Waals surface area contributed by atoms with Crippen molar-refractivity contribution in [1.29, 1.82) is 0 Å². The van der Waals surface area contributed by atoms with Gasteiger partial charge in [0.05, 0.1) is 0 Å². The predicted molar refractivity (Wildman–Crippen MR) is 52.8 cm³/mol. The molecule has 0 saturated carbocycles. The fourth-order valence-electron chi connectivity index (χ4n) is 1.45. The van der Waals surface area contributed by atoms with E-state index in [0.717, 1.165) is 23.3 Å². The maximum Gasteiger partial charge on any atom is 0.254 e. The maximum atomic E-state index is 11.2. The van der Waals surface area contributed by atoms with Crippen molar-refractivity contribution in [2.45, 2.75) is 5.16 Å². The second-order valence-corrected chi connectivity index (χ2v) is 4.00. The van der Waals surface area contributed by atoms with E-state index in [1.165, 1.54) is 6.07 Å². The lowest BCUT2D eigenvalue weighted by Gasteiger charge is -2.02. The minimum Gasteiger partial charge on any atom is -0.370 e. The van der Waals surface area contributed by atoms with Crippen LogP contribution in [-0.4, -0.2) is 31.9 Å². The van der Waals surface area contributed by atoms with E-state index < -0.39 is 0 Å². The number of aromatic nitrogens is 4. The highest BCUT2D eigenvalue weighted by atomic mass is 32.2. The Morgan fingerprint density at radius 3 is 3.36 bits per heavy atom. The number of aromatic amines is 1. The first-order chi connectivity index (χ1) is 6.84. The van der Waals surface area contributed by atoms with Crippen LogP contribution in [0.1, 0.15) is 0 Å². The van der Waals surface area contributed by atoms with Crippen molar-refractivity contribution in [2.75, 3.05) is 17.6 Å². The number of hydrogen-bond donors (Lipinski definition) is 2. The molecule has 0 atom stereocenters. The minimum absolute atomic E-state index is 0.161. The highest BCUT2D eigenvalue weighted by Crippen LogP contribution is 2.21. The Labute approximate surface area is 82.7 Å². The molecule has 1 aliphatic heterocycles. The van der Waals surface area contributed by atoms with Crippen LogP contribution < -0.4 is 10.9 Å². The lowest BCUT2D eigenvalue weighted by molar-refractivity contribution is 0.926. The second-order valence-electron chi connectivity index (χ2n) is 2.94. The van der Waals surface area contributed by atoms with Gasteiger partial charge in [-0.05, 0) is 0 Å². The number of thioether (sulfide) groups is 1. The summed E-state index contributed by atoms with van der Waals surface area (Å²) in [6, 6.07) is 1.52. The van der Waals surface area contributed by atoms with Crippen LogP contribution in [-0.2, 0) is 0 Å². The molecular formula is C7H7N5OS. The molecule has 0 bridgehead atoms. The fourth-order valence-corrected chi connectivity index (χ4v) is 2.25. The van der Waals surface area contributed by atoms with Crippen LogP contribution >= 0.6 is 11.8 Å². The monoisotopic (exact) mass is 209 g/mol. The first kappa shape index (κ1) is 7.86. The van der Waals surface area contributed by atoms with Crippen LogP contribution in [0.4, 0.5) is 5.82 Å². The SMILES string of the molecule is O=c1cc2n3c(nnc3[nH]1)SCCN2. The molecule has 1 aliphatic rings. The summed E-state index contributed by atoms with van der Waals surface area (Å²) < 4.78 is 1.82. The van der Waals surface area contributed by atoms with Gasteiger partial charge in [-0.3, -0.25) is 9.78 Å². The van der Waals surface area contributed by atoms with E-state index in [4.69, 9.17) is 0 Å². The first-order valence-electron chi connectivity index (χ1n) is 4.20. The Morgan fingerprint density at radius 2 is 2.43 bits per heavy atom. The van der Waals surface area contributed by atoms with Crippen molar-refractivity contribution < 1.29 is 0 Å². The second kappa shape index (κ2) is 2.74. The van der Waals surface area contributed by atoms with Gasteiger partial charge in [0.25, 0.3) is 5.56 Å². The third-order valence-electron chi connectivity index (χ3n) is 2.02. The molecule has 2 aromatic rings. The molecule has 7 heteroatoms. The summed E-state index contributed by atoms with van der Waals surface area (Å²) in [6.45, 7) is 0.826. The van der Waals surface area contributed by atoms with Crippen molar-refractivity contribution >= 4 is 23.4 Å². The van der Waals surface area contributed by atoms with Gasteiger partial charge in [-0.15, -0.1) is 10.2 Å². The molecule has 0 radical (unpaired) electrons. The first-order valence-corrected chi connectivity index (χ1v) is 5.18. The van der Waals surface area contributed by atoms with Crippen LogP contribution in [0.15, 0.2) is 16.0 Å². The summed E-state index contributed by atoms with van der Waals surface area (Å²) in [5, 5.41) is 11.9. The van der Waals surface area contributed by atoms with Crippen LogP contribution in [0, 0.1) is 0 Å². The van der Waals surface area contributed by atoms with Crippen molar-refractivity contribution in [1.82, 2.24) is 19.6 Å². The summed E-state index contributed by atoms with van der Waals surface area (Å²) in [5.74, 6) is 2.17. The average molecular weight is 209 g/mol. The van der Waals surface area contributed by atoms with Crippen LogP contribution in [0.25, 0.3) is 5.78 Å². The van der Waals surface area contributed by atoms with Gasteiger partial charge in [0.15, 0.2) is 5.16 Å². The minimum atomic E-state index is -0.161. The van der Waals surface area contributed by atoms with E-state index in [0.29, 0.717) is 5.78 Å². The van der Waals surface area contributed by atoms with Gasteiger partial charge in [0, 0.05) is 18.4 Å². The molecule has 72 valence electrons. The maximum absolute atomic E-state index is 11.2. The Bertz CT molecular complexity index is 544. The highest BCUT2D eigenvalue weighted by molar-refractivity contribution is 7.99. The van der Waals surface area contributed by atoms with Crippen LogP contribution in [0.5, 0.6) is 0 Å². The molecule has 0 spiro atoms. The van der Waals surface area contributed by atoms with Crippen molar-refractivity contribution in [3.63, 3.8) is 0 Å². The summed E-state index contributed by atoms with van der Waals surface area (Å²) in [6.07, 6.45) is 0. The number of rotatable bonds is 0. The van der Waals surface area contributed by atoms with Gasteiger partial charge < -0.3 is 5.32 Å². The normalized spacial score (nSPS) is 15.1. The zero-order valence-electron chi connectivity index (χ0n) is 7.15. The Kier molecular flexibility index (Phi) is 1.54. The number of nitrogens with zero attached hydrogens (tertiary/aromatic N) is 3. The smallest absolute Gasteiger partial charge is 0.254 e. The zero-order chi connectivity index (χ0) is 9.54. The molecule has 0 unspecified atom stereocenters. The molecule has 0 aliphatic carbocycles. The van der Waals surface area contributed by atoms with Gasteiger partial charge in [-0.2, -0.15) is 0 Å². The molecule has 2 aromatic heterocycles. The quantitative estimate of drug-likeness (QED) is 0.635. The summed E-state index contributed by atoms with van der Waals surface area (Å²) in [4.78, 5) is 13.9. The number of anilines is 1. The van der Waals surface area contributed by atoms with E-state index >= 15 is 0 Å². The van der Waals surface area contributed by atoms with Crippen molar-refractivity contribution in [2.24, 2.45) is 0 Å². The largest absolute Gasteiger partial charge is 0.370 e. The number of nitrogens with one attached hydrogen (secondary N) is 2. The molecule has 0 aromatic carbocycles. The van der Waals surface area contributed by atoms with Crippen LogP contribution in [0.3, 0.4) is 0 Å². The molecular weight excluding hydrogens is 202 g/mol. The lowest BCUT2D eigenvalue weighted by atomic mass is 10.5. The Morgan fingerprint density at radius 1 is 1.50 bits per heavy atom. The van der Waals surface area contributed by atoms with Crippen molar-refractivity contribution in [3.05, 3.63) is 16.4 Å². The molecule has 3 rings (SSSR count). The average Bonchev–Trinajstić information content (AvgIpc) is 2.43. The summed E-state index contributed by atoms with van der Waals surface area (Å²) in [7, 11) is 0. The Hall–Kier alpha value is -1.50. The predicted octanol–water partition coefficient (Wildman–Crippen LogP) is -0.0648. The topological polar surface area (TPSA) is 75.1 Å². The molecule has 0 saturated heterocycles. The third-order valence-corrected chi connectivity index (χ3v) is 2.95. The molecule has 14 heavy (non-hydrogen) atoms. The summed E-state index contributed by atoms with van der Waals surface area (Å²) >= 11 is 1.62. The fraction of sp³-hybridized carbons (Fsp3) is 0.286. The van der Waals surface area contributed by atoms with Gasteiger partial charge >= 0.3 is 0 Å². The van der Waals surface area contributed by atoms with Gasteiger partial charge in [-0.25, -0.2) is 4.40 Å². The molecule has 6 nitrogen and oxygen atoms in total. The Balaban J connectivity index is 2.44. The van der Waals surface area contributed by atoms with Gasteiger partial charge in [0.2, 0.25) is 5.78 Å². The van der Waals surface area contributed by atoms with Crippen LogP contribution in [0.2, 0.25) is 0 Å². The lowest BCUT2D eigenvalue weighted by Crippen LogP contribution is -2.12. The van der Waals surface area contributed by atoms with E-state index in [9.17, 15) is 4.79 Å². The zero-order valence-corrected chi connectivity index (χ0v) is 7.97. The van der Waals surface area contributed by atoms with Gasteiger partial charge in [0.1, 0.15) is 5.82 Å². The summed E-state index contributed by atoms with van der Waals surface area (Å²) in [5.41, 5.74) is -0.161. The van der Waals surface area contributed by atoms with E-state index in [2.05, 4.69) is 20.5 Å². The van der Waals surface area contributed by atoms with E-state index in [-0.39, 0.29) is 5.56 Å². The van der Waals surface area contributed by atoms with Gasteiger partial charge in [-0.1, -0.05) is 11.8 Å². The van der Waals surface area contributed by atoms with E-state index in [1.807, 2.05) is 4.40 Å². The standard InChI is InChI=1S/C7H7N5OS/c13-5-3-4-8-1-2-14-7-11-10-6(9-5)12(4)7/h3,8H,1-2H2,(H,9,10,13). The van der Waals surface area contributed by atoms with Crippen molar-refractivity contribution in [3.8, 4) is 0 Å².